The predicted molar refractivity (Wildman–Crippen MR) is 122 cm³/mol. The Morgan fingerprint density at radius 1 is 1.06 bits per heavy atom. The molecule has 1 aliphatic rings. The molecule has 0 aliphatic carbocycles. The van der Waals surface area contributed by atoms with Crippen molar-refractivity contribution in [3.63, 3.8) is 0 Å². The van der Waals surface area contributed by atoms with Crippen molar-refractivity contribution in [3.8, 4) is 5.95 Å². The molecule has 11 nitrogen and oxygen atoms in total. The molecule has 0 saturated carbocycles. The van der Waals surface area contributed by atoms with Crippen LogP contribution in [-0.2, 0) is 16.0 Å². The van der Waals surface area contributed by atoms with Crippen LogP contribution >= 0.6 is 0 Å². The zero-order chi connectivity index (χ0) is 23.2. The topological polar surface area (TPSA) is 115 Å². The van der Waals surface area contributed by atoms with Gasteiger partial charge in [0, 0.05) is 50.4 Å². The van der Waals surface area contributed by atoms with Gasteiger partial charge < -0.3 is 14.5 Å². The average Bonchev–Trinajstić information content (AvgIpc) is 3.34. The number of aromatic nitrogens is 7. The number of hydrogen-bond acceptors (Lipinski definition) is 10. The first-order valence-corrected chi connectivity index (χ1v) is 11.3. The van der Waals surface area contributed by atoms with Gasteiger partial charge in [-0.1, -0.05) is 12.1 Å². The van der Waals surface area contributed by atoms with Crippen molar-refractivity contribution >= 4 is 17.6 Å². The molecule has 4 rings (SSSR count). The van der Waals surface area contributed by atoms with E-state index in [1.54, 1.807) is 29.5 Å². The minimum atomic E-state index is -0.177. The molecule has 0 N–H and O–H groups in total. The highest BCUT2D eigenvalue weighted by molar-refractivity contribution is 5.69. The summed E-state index contributed by atoms with van der Waals surface area (Å²) in [6.45, 7) is 8.17. The van der Waals surface area contributed by atoms with Gasteiger partial charge in [-0.2, -0.15) is 9.67 Å². The van der Waals surface area contributed by atoms with E-state index in [1.807, 2.05) is 19.1 Å². The van der Waals surface area contributed by atoms with Crippen LogP contribution in [0, 0.1) is 0 Å². The quantitative estimate of drug-likeness (QED) is 0.470. The van der Waals surface area contributed by atoms with Crippen molar-refractivity contribution in [1.82, 2.24) is 34.9 Å². The van der Waals surface area contributed by atoms with Crippen LogP contribution < -0.4 is 9.80 Å². The lowest BCUT2D eigenvalue weighted by Gasteiger charge is -2.45. The van der Waals surface area contributed by atoms with Crippen LogP contribution in [0.15, 0.2) is 36.9 Å². The molecule has 11 heteroatoms. The van der Waals surface area contributed by atoms with Crippen LogP contribution in [0.4, 0.5) is 11.6 Å². The molecule has 1 saturated heterocycles. The highest BCUT2D eigenvalue weighted by Gasteiger charge is 2.31. The number of hydrogen-bond donors (Lipinski definition) is 0. The third kappa shape index (κ3) is 5.41. The SMILES string of the molecule is CCCC(=O)OCCc1nccc(N2[C@H](C)CN(c3ccnc(-n4ccnn4)n3)C[C@@H]2C)n1. The van der Waals surface area contributed by atoms with Gasteiger partial charge in [-0.05, 0) is 32.4 Å². The van der Waals surface area contributed by atoms with E-state index >= 15 is 0 Å². The zero-order valence-electron chi connectivity index (χ0n) is 19.2. The molecule has 1 fully saturated rings. The summed E-state index contributed by atoms with van der Waals surface area (Å²) in [5.41, 5.74) is 0. The molecular weight excluding hydrogens is 422 g/mol. The Morgan fingerprint density at radius 2 is 1.82 bits per heavy atom. The summed E-state index contributed by atoms with van der Waals surface area (Å²) in [5.74, 6) is 2.72. The van der Waals surface area contributed by atoms with Crippen LogP contribution in [0.2, 0.25) is 0 Å². The first kappa shape index (κ1) is 22.6. The van der Waals surface area contributed by atoms with Gasteiger partial charge in [0.05, 0.1) is 19.0 Å². The van der Waals surface area contributed by atoms with Crippen molar-refractivity contribution in [2.45, 2.75) is 52.1 Å². The monoisotopic (exact) mass is 451 g/mol. The number of esters is 1. The molecule has 0 unspecified atom stereocenters. The second-order valence-corrected chi connectivity index (χ2v) is 8.12. The Balaban J connectivity index is 1.42. The van der Waals surface area contributed by atoms with Crippen molar-refractivity contribution in [2.24, 2.45) is 0 Å². The fraction of sp³-hybridized carbons (Fsp3) is 0.500. The minimum Gasteiger partial charge on any atom is -0.465 e. The third-order valence-corrected chi connectivity index (χ3v) is 5.50. The van der Waals surface area contributed by atoms with Gasteiger partial charge in [0.2, 0.25) is 0 Å². The maximum absolute atomic E-state index is 11.6. The number of carbonyl (C=O) groups is 1. The predicted octanol–water partition coefficient (Wildman–Crippen LogP) is 1.84. The van der Waals surface area contributed by atoms with E-state index in [1.165, 1.54) is 0 Å². The first-order chi connectivity index (χ1) is 16.0. The molecule has 3 aromatic rings. The largest absolute Gasteiger partial charge is 0.465 e. The Bertz CT molecular complexity index is 1050. The van der Waals surface area contributed by atoms with Crippen LogP contribution in [0.5, 0.6) is 0 Å². The molecular formula is C22H29N9O2. The van der Waals surface area contributed by atoms with Crippen molar-refractivity contribution in [3.05, 3.63) is 42.7 Å². The number of nitrogens with zero attached hydrogens (tertiary/aromatic N) is 9. The van der Waals surface area contributed by atoms with Gasteiger partial charge in [-0.3, -0.25) is 4.79 Å². The second kappa shape index (κ2) is 10.3. The smallest absolute Gasteiger partial charge is 0.305 e. The summed E-state index contributed by atoms with van der Waals surface area (Å²) >= 11 is 0. The van der Waals surface area contributed by atoms with E-state index in [0.717, 1.165) is 31.1 Å². The molecule has 0 bridgehead atoms. The third-order valence-electron chi connectivity index (χ3n) is 5.50. The Labute approximate surface area is 192 Å². The van der Waals surface area contributed by atoms with E-state index < -0.39 is 0 Å². The Kier molecular flexibility index (Phi) is 7.06. The standard InChI is InChI=1S/C22H29N9O2/c1-4-5-21(32)33-13-8-18-23-9-7-20(26-18)31-16(2)14-29(15-17(31)3)19-6-10-24-22(27-19)30-12-11-25-28-30/h6-7,9-12,16-17H,4-5,8,13-15H2,1-3H3/t16-,17+. The molecule has 0 radical (unpaired) electrons. The van der Waals surface area contributed by atoms with Gasteiger partial charge in [0.15, 0.2) is 0 Å². The summed E-state index contributed by atoms with van der Waals surface area (Å²) in [4.78, 5) is 34.2. The second-order valence-electron chi connectivity index (χ2n) is 8.12. The van der Waals surface area contributed by atoms with Gasteiger partial charge in [-0.25, -0.2) is 15.0 Å². The summed E-state index contributed by atoms with van der Waals surface area (Å²) < 4.78 is 6.80. The highest BCUT2D eigenvalue weighted by Crippen LogP contribution is 2.25. The number of rotatable bonds is 8. The molecule has 33 heavy (non-hydrogen) atoms. The molecule has 174 valence electrons. The average molecular weight is 452 g/mol. The maximum atomic E-state index is 11.6. The number of ether oxygens (including phenoxy) is 1. The molecule has 1 aliphatic heterocycles. The summed E-state index contributed by atoms with van der Waals surface area (Å²) in [5, 5.41) is 7.80. The summed E-state index contributed by atoms with van der Waals surface area (Å²) in [6.07, 6.45) is 8.55. The minimum absolute atomic E-state index is 0.177. The van der Waals surface area contributed by atoms with E-state index in [0.29, 0.717) is 31.2 Å². The molecule has 2 atom stereocenters. The van der Waals surface area contributed by atoms with Gasteiger partial charge in [-0.15, -0.1) is 5.10 Å². The van der Waals surface area contributed by atoms with Crippen molar-refractivity contribution < 1.29 is 9.53 Å². The Hall–Kier alpha value is -3.63. The highest BCUT2D eigenvalue weighted by atomic mass is 16.5. The van der Waals surface area contributed by atoms with Gasteiger partial charge in [0.1, 0.15) is 17.5 Å². The Morgan fingerprint density at radius 3 is 2.55 bits per heavy atom. The molecule has 3 aromatic heterocycles. The zero-order valence-corrected chi connectivity index (χ0v) is 19.2. The van der Waals surface area contributed by atoms with E-state index in [-0.39, 0.29) is 18.1 Å². The maximum Gasteiger partial charge on any atom is 0.305 e. The van der Waals surface area contributed by atoms with Gasteiger partial charge in [0.25, 0.3) is 5.95 Å². The fourth-order valence-electron chi connectivity index (χ4n) is 4.09. The summed E-state index contributed by atoms with van der Waals surface area (Å²) in [6, 6.07) is 4.24. The lowest BCUT2D eigenvalue weighted by molar-refractivity contribution is -0.143. The van der Waals surface area contributed by atoms with Crippen LogP contribution in [0.3, 0.4) is 0 Å². The normalized spacial score (nSPS) is 18.4. The van der Waals surface area contributed by atoms with Crippen LogP contribution in [-0.4, -0.2) is 72.7 Å². The van der Waals surface area contributed by atoms with E-state index in [9.17, 15) is 4.79 Å². The summed E-state index contributed by atoms with van der Waals surface area (Å²) in [7, 11) is 0. The first-order valence-electron chi connectivity index (χ1n) is 11.3. The molecule has 4 heterocycles. The number of carbonyl (C=O) groups excluding carboxylic acids is 1. The number of anilines is 2. The number of piperazine rings is 1. The molecule has 0 amide bonds. The van der Waals surface area contributed by atoms with Gasteiger partial charge >= 0.3 is 5.97 Å². The lowest BCUT2D eigenvalue weighted by Crippen LogP contribution is -2.57. The van der Waals surface area contributed by atoms with Crippen LogP contribution in [0.1, 0.15) is 39.4 Å². The van der Waals surface area contributed by atoms with E-state index in [4.69, 9.17) is 9.72 Å². The molecule has 0 spiro atoms. The van der Waals surface area contributed by atoms with Crippen LogP contribution in [0.25, 0.3) is 5.95 Å². The van der Waals surface area contributed by atoms with Crippen molar-refractivity contribution in [1.29, 1.82) is 0 Å². The molecule has 0 aromatic carbocycles. The lowest BCUT2D eigenvalue weighted by atomic mass is 10.1. The fourth-order valence-corrected chi connectivity index (χ4v) is 4.09. The van der Waals surface area contributed by atoms with Crippen molar-refractivity contribution in [2.75, 3.05) is 29.5 Å². The van der Waals surface area contributed by atoms with E-state index in [2.05, 4.69) is 48.9 Å².